The maximum atomic E-state index is 12.7. The SMILES string of the molecule is COc1cc(/C=C2\SC(=S)N(CCCC(=O)O)C2=O)cc(Br)c1OCc1cccc(C)c1. The Balaban J connectivity index is 1.76. The second-order valence-corrected chi connectivity index (χ2v) is 9.67. The number of thioether (sulfide) groups is 1. The lowest BCUT2D eigenvalue weighted by molar-refractivity contribution is -0.137. The summed E-state index contributed by atoms with van der Waals surface area (Å²) in [5.74, 6) is -0.00419. The molecule has 6 nitrogen and oxygen atoms in total. The van der Waals surface area contributed by atoms with Gasteiger partial charge in [-0.05, 0) is 58.6 Å². The van der Waals surface area contributed by atoms with Crippen molar-refractivity contribution in [1.82, 2.24) is 4.90 Å². The summed E-state index contributed by atoms with van der Waals surface area (Å²) in [5, 5.41) is 8.80. The van der Waals surface area contributed by atoms with Gasteiger partial charge in [-0.25, -0.2) is 0 Å². The van der Waals surface area contributed by atoms with Crippen molar-refractivity contribution in [3.8, 4) is 11.5 Å². The minimum Gasteiger partial charge on any atom is -0.493 e. The molecule has 9 heteroatoms. The fourth-order valence-electron chi connectivity index (χ4n) is 3.15. The summed E-state index contributed by atoms with van der Waals surface area (Å²) in [6.45, 7) is 2.71. The molecule has 2 aromatic rings. The van der Waals surface area contributed by atoms with E-state index in [0.717, 1.165) is 16.7 Å². The van der Waals surface area contributed by atoms with E-state index in [1.807, 2.05) is 31.2 Å². The first-order valence-electron chi connectivity index (χ1n) is 9.81. The highest BCUT2D eigenvalue weighted by molar-refractivity contribution is 9.10. The third kappa shape index (κ3) is 6.11. The molecule has 1 aliphatic heterocycles. The summed E-state index contributed by atoms with van der Waals surface area (Å²) in [6, 6.07) is 11.7. The van der Waals surface area contributed by atoms with E-state index in [2.05, 4.69) is 22.0 Å². The van der Waals surface area contributed by atoms with Crippen molar-refractivity contribution in [3.63, 3.8) is 0 Å². The molecular weight excluding hydrogens is 514 g/mol. The lowest BCUT2D eigenvalue weighted by Gasteiger charge is -2.14. The van der Waals surface area contributed by atoms with Crippen molar-refractivity contribution in [2.24, 2.45) is 0 Å². The molecular formula is C23H22BrNO5S2. The lowest BCUT2D eigenvalue weighted by atomic mass is 10.1. The second-order valence-electron chi connectivity index (χ2n) is 7.14. The molecule has 1 N–H and O–H groups in total. The van der Waals surface area contributed by atoms with Gasteiger partial charge in [0, 0.05) is 13.0 Å². The van der Waals surface area contributed by atoms with E-state index in [1.165, 1.54) is 16.7 Å². The minimum atomic E-state index is -0.896. The van der Waals surface area contributed by atoms with Crippen molar-refractivity contribution in [1.29, 1.82) is 0 Å². The molecule has 0 saturated carbocycles. The number of amides is 1. The van der Waals surface area contributed by atoms with Gasteiger partial charge in [0.25, 0.3) is 5.91 Å². The van der Waals surface area contributed by atoms with E-state index in [-0.39, 0.29) is 18.9 Å². The Hall–Kier alpha value is -2.36. The van der Waals surface area contributed by atoms with Crippen LogP contribution in [-0.2, 0) is 16.2 Å². The maximum absolute atomic E-state index is 12.7. The Morgan fingerprint density at radius 2 is 2.09 bits per heavy atom. The standard InChI is InChI=1S/C23H22BrNO5S2/c1-14-5-3-6-15(9-14)13-30-21-17(24)10-16(11-18(21)29-2)12-19-22(28)25(23(31)32-19)8-4-7-20(26)27/h3,5-6,9-12H,4,7-8,13H2,1-2H3,(H,26,27)/b19-12-. The van der Waals surface area contributed by atoms with Crippen LogP contribution < -0.4 is 9.47 Å². The zero-order valence-electron chi connectivity index (χ0n) is 17.6. The number of thiocarbonyl (C=S) groups is 1. The molecule has 1 fully saturated rings. The predicted molar refractivity (Wildman–Crippen MR) is 133 cm³/mol. The first-order valence-corrected chi connectivity index (χ1v) is 11.8. The number of ether oxygens (including phenoxy) is 2. The van der Waals surface area contributed by atoms with Gasteiger partial charge in [-0.3, -0.25) is 14.5 Å². The van der Waals surface area contributed by atoms with Crippen LogP contribution in [0.15, 0.2) is 45.8 Å². The normalized spacial score (nSPS) is 14.8. The van der Waals surface area contributed by atoms with Gasteiger partial charge < -0.3 is 14.6 Å². The molecule has 32 heavy (non-hydrogen) atoms. The smallest absolute Gasteiger partial charge is 0.303 e. The van der Waals surface area contributed by atoms with Crippen LogP contribution in [0.5, 0.6) is 11.5 Å². The van der Waals surface area contributed by atoms with Crippen LogP contribution in [0.4, 0.5) is 0 Å². The van der Waals surface area contributed by atoms with Crippen LogP contribution in [0.25, 0.3) is 6.08 Å². The summed E-state index contributed by atoms with van der Waals surface area (Å²) >= 11 is 10.0. The van der Waals surface area contributed by atoms with Gasteiger partial charge in [0.2, 0.25) is 0 Å². The van der Waals surface area contributed by atoms with Gasteiger partial charge in [0.15, 0.2) is 11.5 Å². The average Bonchev–Trinajstić information content (AvgIpc) is 2.99. The Bertz CT molecular complexity index is 1090. The number of hydrogen-bond donors (Lipinski definition) is 1. The van der Waals surface area contributed by atoms with Crippen molar-refractivity contribution in [2.75, 3.05) is 13.7 Å². The Morgan fingerprint density at radius 1 is 1.31 bits per heavy atom. The number of methoxy groups -OCH3 is 1. The van der Waals surface area contributed by atoms with Crippen molar-refractivity contribution in [3.05, 3.63) is 62.5 Å². The molecule has 168 valence electrons. The summed E-state index contributed by atoms with van der Waals surface area (Å²) in [4.78, 5) is 25.4. The molecule has 0 aliphatic carbocycles. The van der Waals surface area contributed by atoms with E-state index in [1.54, 1.807) is 19.3 Å². The number of aliphatic carboxylic acids is 1. The molecule has 0 bridgehead atoms. The number of nitrogens with zero attached hydrogens (tertiary/aromatic N) is 1. The maximum Gasteiger partial charge on any atom is 0.303 e. The van der Waals surface area contributed by atoms with Crippen molar-refractivity contribution >= 4 is 62.2 Å². The molecule has 0 radical (unpaired) electrons. The topological polar surface area (TPSA) is 76.1 Å². The number of carboxylic acid groups (broad SMARTS) is 1. The number of hydrogen-bond acceptors (Lipinski definition) is 6. The number of benzene rings is 2. The second kappa shape index (κ2) is 11.0. The predicted octanol–water partition coefficient (Wildman–Crippen LogP) is 5.41. The van der Waals surface area contributed by atoms with Crippen molar-refractivity contribution < 1.29 is 24.2 Å². The fourth-order valence-corrected chi connectivity index (χ4v) is 5.04. The van der Waals surface area contributed by atoms with Crippen LogP contribution in [0.3, 0.4) is 0 Å². The number of rotatable bonds is 9. The Kier molecular flexibility index (Phi) is 8.33. The highest BCUT2D eigenvalue weighted by Crippen LogP contribution is 2.39. The Labute approximate surface area is 204 Å². The van der Waals surface area contributed by atoms with Crippen LogP contribution in [0.2, 0.25) is 0 Å². The van der Waals surface area contributed by atoms with Crippen LogP contribution in [0.1, 0.15) is 29.5 Å². The fraction of sp³-hybridized carbons (Fsp3) is 0.261. The van der Waals surface area contributed by atoms with Crippen molar-refractivity contribution in [2.45, 2.75) is 26.4 Å². The van der Waals surface area contributed by atoms with E-state index >= 15 is 0 Å². The van der Waals surface area contributed by atoms with E-state index in [9.17, 15) is 9.59 Å². The molecule has 0 spiro atoms. The van der Waals surface area contributed by atoms with E-state index in [4.69, 9.17) is 26.8 Å². The summed E-state index contributed by atoms with van der Waals surface area (Å²) in [5.41, 5.74) is 2.96. The average molecular weight is 536 g/mol. The van der Waals surface area contributed by atoms with Gasteiger partial charge in [-0.1, -0.05) is 53.8 Å². The summed E-state index contributed by atoms with van der Waals surface area (Å²) < 4.78 is 12.7. The largest absolute Gasteiger partial charge is 0.493 e. The van der Waals surface area contributed by atoms with Crippen LogP contribution >= 0.6 is 39.9 Å². The van der Waals surface area contributed by atoms with E-state index < -0.39 is 5.97 Å². The molecule has 2 aromatic carbocycles. The number of carbonyl (C=O) groups excluding carboxylic acids is 1. The van der Waals surface area contributed by atoms with Gasteiger partial charge in [0.1, 0.15) is 10.9 Å². The van der Waals surface area contributed by atoms with Gasteiger partial charge in [0.05, 0.1) is 16.5 Å². The van der Waals surface area contributed by atoms with Gasteiger partial charge in [-0.15, -0.1) is 0 Å². The first kappa shape index (κ1) is 24.3. The number of aryl methyl sites for hydroxylation is 1. The molecule has 1 aliphatic rings. The molecule has 0 aromatic heterocycles. The molecule has 3 rings (SSSR count). The molecule has 0 unspecified atom stereocenters. The number of carboxylic acids is 1. The third-order valence-corrected chi connectivity index (χ3v) is 6.63. The molecule has 1 amide bonds. The third-order valence-electron chi connectivity index (χ3n) is 4.66. The summed E-state index contributed by atoms with van der Waals surface area (Å²) in [7, 11) is 1.56. The lowest BCUT2D eigenvalue weighted by Crippen LogP contribution is -2.29. The highest BCUT2D eigenvalue weighted by atomic mass is 79.9. The van der Waals surface area contributed by atoms with Gasteiger partial charge in [-0.2, -0.15) is 0 Å². The number of halogens is 1. The van der Waals surface area contributed by atoms with Gasteiger partial charge >= 0.3 is 5.97 Å². The Morgan fingerprint density at radius 3 is 2.78 bits per heavy atom. The molecule has 1 heterocycles. The molecule has 1 saturated heterocycles. The zero-order valence-corrected chi connectivity index (χ0v) is 20.8. The molecule has 0 atom stereocenters. The van der Waals surface area contributed by atoms with Crippen LogP contribution in [-0.4, -0.2) is 39.9 Å². The van der Waals surface area contributed by atoms with Crippen LogP contribution in [0, 0.1) is 6.92 Å². The highest BCUT2D eigenvalue weighted by Gasteiger charge is 2.31. The quantitative estimate of drug-likeness (QED) is 0.339. The zero-order chi connectivity index (χ0) is 23.3. The monoisotopic (exact) mass is 535 g/mol. The van der Waals surface area contributed by atoms with E-state index in [0.29, 0.717) is 38.2 Å². The summed E-state index contributed by atoms with van der Waals surface area (Å²) in [6.07, 6.45) is 2.08. The minimum absolute atomic E-state index is 0.00966. The number of carbonyl (C=O) groups is 2. The first-order chi connectivity index (χ1) is 15.3.